The fraction of sp³-hybridized carbons (Fsp3) is 0.917. The van der Waals surface area contributed by atoms with Crippen LogP contribution >= 0.6 is 0 Å². The van der Waals surface area contributed by atoms with Gasteiger partial charge in [-0.25, -0.2) is 0 Å². The minimum absolute atomic E-state index is 0.743. The van der Waals surface area contributed by atoms with E-state index in [1.165, 1.54) is 44.6 Å². The first kappa shape index (κ1) is 13.2. The molecule has 0 aliphatic carbocycles. The second-order valence-electron chi connectivity index (χ2n) is 5.29. The number of hydrogen-bond donors (Lipinski definition) is 0. The van der Waals surface area contributed by atoms with Crippen LogP contribution in [0.25, 0.3) is 0 Å². The Morgan fingerprint density at radius 3 is 1.69 bits per heavy atom. The molecule has 0 aromatic rings. The summed E-state index contributed by atoms with van der Waals surface area (Å²) in [5.41, 5.74) is 0. The Kier molecular flexibility index (Phi) is 7.73. The molecule has 0 heterocycles. The van der Waals surface area contributed by atoms with Crippen LogP contribution in [0.4, 0.5) is 0 Å². The van der Waals surface area contributed by atoms with Crippen LogP contribution in [0, 0.1) is 6.92 Å². The normalized spacial score (nSPS) is 12.0. The van der Waals surface area contributed by atoms with Gasteiger partial charge >= 0.3 is 0 Å². The van der Waals surface area contributed by atoms with Crippen molar-refractivity contribution in [1.82, 2.24) is 0 Å². The molecule has 0 atom stereocenters. The van der Waals surface area contributed by atoms with Crippen molar-refractivity contribution in [2.75, 3.05) is 0 Å². The third kappa shape index (κ3) is 12.2. The van der Waals surface area contributed by atoms with Gasteiger partial charge in [0.15, 0.2) is 0 Å². The Bertz CT molecular complexity index is 102. The van der Waals surface area contributed by atoms with Gasteiger partial charge in [-0.3, -0.25) is 0 Å². The highest BCUT2D eigenvalue weighted by Gasteiger charge is 2.11. The highest BCUT2D eigenvalue weighted by Crippen LogP contribution is 2.15. The molecule has 79 valence electrons. The highest BCUT2D eigenvalue weighted by molar-refractivity contribution is 6.76. The van der Waals surface area contributed by atoms with E-state index < -0.39 is 8.07 Å². The summed E-state index contributed by atoms with van der Waals surface area (Å²) >= 11 is 0. The van der Waals surface area contributed by atoms with Gasteiger partial charge in [0.25, 0.3) is 0 Å². The van der Waals surface area contributed by atoms with E-state index in [4.69, 9.17) is 0 Å². The molecule has 0 aliphatic heterocycles. The van der Waals surface area contributed by atoms with E-state index in [-0.39, 0.29) is 0 Å². The molecule has 0 saturated carbocycles. The molecule has 0 saturated heterocycles. The Hall–Kier alpha value is 0.217. The van der Waals surface area contributed by atoms with Gasteiger partial charge in [-0.15, -0.1) is 0 Å². The van der Waals surface area contributed by atoms with Gasteiger partial charge in [-0.2, -0.15) is 0 Å². The van der Waals surface area contributed by atoms with Crippen molar-refractivity contribution < 1.29 is 0 Å². The molecule has 0 nitrogen and oxygen atoms in total. The lowest BCUT2D eigenvalue weighted by Gasteiger charge is -2.14. The zero-order valence-electron chi connectivity index (χ0n) is 9.86. The molecule has 0 bridgehead atoms. The molecule has 0 aromatic heterocycles. The summed E-state index contributed by atoms with van der Waals surface area (Å²) in [4.78, 5) is 0. The molecule has 0 rings (SSSR count). The minimum Gasteiger partial charge on any atom is -0.0695 e. The summed E-state index contributed by atoms with van der Waals surface area (Å²) in [6, 6.07) is 1.52. The average Bonchev–Trinajstić information content (AvgIpc) is 2.01. The van der Waals surface area contributed by atoms with E-state index >= 15 is 0 Å². The van der Waals surface area contributed by atoms with E-state index in [0.717, 1.165) is 6.42 Å². The van der Waals surface area contributed by atoms with Crippen molar-refractivity contribution in [3.63, 3.8) is 0 Å². The third-order valence-electron chi connectivity index (χ3n) is 2.43. The lowest BCUT2D eigenvalue weighted by atomic mass is 10.1. The van der Waals surface area contributed by atoms with E-state index in [0.29, 0.717) is 0 Å². The summed E-state index contributed by atoms with van der Waals surface area (Å²) < 4.78 is 0. The highest BCUT2D eigenvalue weighted by atomic mass is 28.3. The van der Waals surface area contributed by atoms with Gasteiger partial charge < -0.3 is 0 Å². The number of hydrogen-bond acceptors (Lipinski definition) is 0. The second-order valence-corrected chi connectivity index (χ2v) is 10.9. The first-order valence-electron chi connectivity index (χ1n) is 5.85. The van der Waals surface area contributed by atoms with Crippen molar-refractivity contribution in [3.8, 4) is 0 Å². The average molecular weight is 199 g/mol. The van der Waals surface area contributed by atoms with Gasteiger partial charge in [-0.1, -0.05) is 77.6 Å². The molecule has 1 heteroatoms. The molecule has 0 aliphatic rings. The van der Waals surface area contributed by atoms with Crippen LogP contribution in [0.1, 0.15) is 44.9 Å². The maximum absolute atomic E-state index is 3.86. The zero-order chi connectivity index (χ0) is 10.2. The molecule has 0 spiro atoms. The maximum Gasteiger partial charge on any atom is 0.0442 e. The quantitative estimate of drug-likeness (QED) is 0.386. The number of rotatable bonds is 8. The summed E-state index contributed by atoms with van der Waals surface area (Å²) in [6.07, 6.45) is 9.66. The Balaban J connectivity index is 3.00. The van der Waals surface area contributed by atoms with E-state index in [2.05, 4.69) is 26.6 Å². The second kappa shape index (κ2) is 7.60. The van der Waals surface area contributed by atoms with Gasteiger partial charge in [-0.05, 0) is 0 Å². The minimum atomic E-state index is -0.743. The molecule has 0 N–H and O–H groups in total. The largest absolute Gasteiger partial charge is 0.0695 e. The van der Waals surface area contributed by atoms with Crippen molar-refractivity contribution in [2.24, 2.45) is 0 Å². The van der Waals surface area contributed by atoms with Crippen molar-refractivity contribution in [2.45, 2.75) is 70.6 Å². The van der Waals surface area contributed by atoms with Crippen LogP contribution in [0.2, 0.25) is 25.7 Å². The third-order valence-corrected chi connectivity index (χ3v) is 4.28. The predicted molar refractivity (Wildman–Crippen MR) is 65.8 cm³/mol. The van der Waals surface area contributed by atoms with Gasteiger partial charge in [0.1, 0.15) is 0 Å². The van der Waals surface area contributed by atoms with Gasteiger partial charge in [0, 0.05) is 8.07 Å². The van der Waals surface area contributed by atoms with Crippen LogP contribution < -0.4 is 0 Å². The lowest BCUT2D eigenvalue weighted by Crippen LogP contribution is -2.18. The Morgan fingerprint density at radius 1 is 0.769 bits per heavy atom. The SMILES string of the molecule is [CH2]CCCCCCCC[Si](C)(C)C. The first-order chi connectivity index (χ1) is 6.06. The van der Waals surface area contributed by atoms with E-state index in [9.17, 15) is 0 Å². The molecule has 0 unspecified atom stereocenters. The smallest absolute Gasteiger partial charge is 0.0442 e. The summed E-state index contributed by atoms with van der Waals surface area (Å²) in [5, 5.41) is 0. The van der Waals surface area contributed by atoms with Crippen molar-refractivity contribution in [3.05, 3.63) is 6.92 Å². The summed E-state index contributed by atoms with van der Waals surface area (Å²) in [5.74, 6) is 0. The summed E-state index contributed by atoms with van der Waals surface area (Å²) in [7, 11) is -0.743. The monoisotopic (exact) mass is 199 g/mol. The zero-order valence-corrected chi connectivity index (χ0v) is 10.9. The molecule has 0 aromatic carbocycles. The fourth-order valence-electron chi connectivity index (χ4n) is 1.54. The molecule has 0 fully saturated rings. The maximum atomic E-state index is 3.86. The molecular weight excluding hydrogens is 172 g/mol. The van der Waals surface area contributed by atoms with Gasteiger partial charge in [0.2, 0.25) is 0 Å². The molecule has 1 radical (unpaired) electrons. The molecule has 13 heavy (non-hydrogen) atoms. The van der Waals surface area contributed by atoms with Crippen molar-refractivity contribution in [1.29, 1.82) is 0 Å². The van der Waals surface area contributed by atoms with Crippen LogP contribution in [0.3, 0.4) is 0 Å². The molecule has 0 amide bonds. The van der Waals surface area contributed by atoms with Crippen LogP contribution in [-0.4, -0.2) is 8.07 Å². The fourth-order valence-corrected chi connectivity index (χ4v) is 2.85. The Morgan fingerprint density at radius 2 is 1.23 bits per heavy atom. The topological polar surface area (TPSA) is 0 Å². The van der Waals surface area contributed by atoms with Gasteiger partial charge in [0.05, 0.1) is 0 Å². The van der Waals surface area contributed by atoms with Crippen LogP contribution in [-0.2, 0) is 0 Å². The van der Waals surface area contributed by atoms with E-state index in [1.807, 2.05) is 0 Å². The Labute approximate surface area is 86.1 Å². The van der Waals surface area contributed by atoms with Crippen LogP contribution in [0.15, 0.2) is 0 Å². The van der Waals surface area contributed by atoms with E-state index in [1.54, 1.807) is 0 Å². The molecular formula is C12H27Si. The summed E-state index contributed by atoms with van der Waals surface area (Å²) in [6.45, 7) is 11.3. The van der Waals surface area contributed by atoms with Crippen LogP contribution in [0.5, 0.6) is 0 Å². The predicted octanol–water partition coefficient (Wildman–Crippen LogP) is 4.89. The lowest BCUT2D eigenvalue weighted by molar-refractivity contribution is 0.609. The standard InChI is InChI=1S/C12H27Si/c1-5-6-7-8-9-10-11-12-13(2,3)4/h1,5-12H2,2-4H3. The van der Waals surface area contributed by atoms with Crippen molar-refractivity contribution >= 4 is 8.07 Å². The first-order valence-corrected chi connectivity index (χ1v) is 9.56. The number of unbranched alkanes of at least 4 members (excludes halogenated alkanes) is 6.